The van der Waals surface area contributed by atoms with E-state index in [1.54, 1.807) is 11.3 Å². The van der Waals surface area contributed by atoms with E-state index in [2.05, 4.69) is 55.5 Å². The standard InChI is InChI=1S/C14H12BrN3S/c15-13-12(17-14-16-6-3-7-18(13)14)10-8-19-11-5-2-1-4-9(10)11/h1-2,4-5,8H,3,6-7H2,(H,16,17). The molecule has 0 amide bonds. The Labute approximate surface area is 123 Å². The predicted molar refractivity (Wildman–Crippen MR) is 83.9 cm³/mol. The molecule has 5 heteroatoms. The average Bonchev–Trinajstić information content (AvgIpc) is 3.01. The van der Waals surface area contributed by atoms with E-state index in [0.29, 0.717) is 0 Å². The Morgan fingerprint density at radius 2 is 2.21 bits per heavy atom. The van der Waals surface area contributed by atoms with Crippen molar-refractivity contribution >= 4 is 43.3 Å². The van der Waals surface area contributed by atoms with Gasteiger partial charge < -0.3 is 9.88 Å². The van der Waals surface area contributed by atoms with E-state index in [-0.39, 0.29) is 0 Å². The predicted octanol–water partition coefficient (Wildman–Crippen LogP) is 4.34. The van der Waals surface area contributed by atoms with Crippen molar-refractivity contribution in [3.05, 3.63) is 34.2 Å². The highest BCUT2D eigenvalue weighted by atomic mass is 79.9. The fourth-order valence-corrected chi connectivity index (χ4v) is 4.14. The lowest BCUT2D eigenvalue weighted by molar-refractivity contribution is 0.618. The Balaban J connectivity index is 1.95. The molecule has 96 valence electrons. The molecule has 0 aliphatic carbocycles. The fourth-order valence-electron chi connectivity index (χ4n) is 2.54. The third-order valence-corrected chi connectivity index (χ3v) is 5.25. The molecule has 4 rings (SSSR count). The van der Waals surface area contributed by atoms with Gasteiger partial charge in [-0.15, -0.1) is 11.3 Å². The largest absolute Gasteiger partial charge is 0.356 e. The van der Waals surface area contributed by atoms with E-state index in [1.165, 1.54) is 15.6 Å². The lowest BCUT2D eigenvalue weighted by atomic mass is 10.1. The number of aromatic nitrogens is 2. The number of thiophene rings is 1. The smallest absolute Gasteiger partial charge is 0.204 e. The van der Waals surface area contributed by atoms with Gasteiger partial charge in [0, 0.05) is 34.1 Å². The molecule has 1 aliphatic rings. The van der Waals surface area contributed by atoms with Gasteiger partial charge in [-0.05, 0) is 28.4 Å². The highest BCUT2D eigenvalue weighted by Crippen LogP contribution is 2.38. The molecule has 0 radical (unpaired) electrons. The highest BCUT2D eigenvalue weighted by molar-refractivity contribution is 9.10. The van der Waals surface area contributed by atoms with Crippen LogP contribution in [0.4, 0.5) is 5.95 Å². The van der Waals surface area contributed by atoms with Gasteiger partial charge in [0.25, 0.3) is 0 Å². The topological polar surface area (TPSA) is 29.9 Å². The monoisotopic (exact) mass is 333 g/mol. The third-order valence-electron chi connectivity index (χ3n) is 3.48. The summed E-state index contributed by atoms with van der Waals surface area (Å²) in [5, 5.41) is 6.84. The van der Waals surface area contributed by atoms with Crippen molar-refractivity contribution in [3.63, 3.8) is 0 Å². The number of hydrogen-bond acceptors (Lipinski definition) is 3. The first-order valence-electron chi connectivity index (χ1n) is 6.31. The number of fused-ring (bicyclic) bond motifs is 2. The van der Waals surface area contributed by atoms with E-state index in [0.717, 1.165) is 35.8 Å². The maximum Gasteiger partial charge on any atom is 0.204 e. The van der Waals surface area contributed by atoms with Gasteiger partial charge in [0.15, 0.2) is 0 Å². The summed E-state index contributed by atoms with van der Waals surface area (Å²) in [4.78, 5) is 4.75. The Hall–Kier alpha value is -1.33. The number of anilines is 1. The highest BCUT2D eigenvalue weighted by Gasteiger charge is 2.20. The number of halogens is 1. The lowest BCUT2D eigenvalue weighted by Gasteiger charge is -2.15. The molecule has 0 spiro atoms. The molecule has 0 unspecified atom stereocenters. The van der Waals surface area contributed by atoms with Gasteiger partial charge in [-0.25, -0.2) is 4.98 Å². The molecule has 3 heterocycles. The maximum atomic E-state index is 4.75. The number of imidazole rings is 1. The summed E-state index contributed by atoms with van der Waals surface area (Å²) >= 11 is 5.48. The van der Waals surface area contributed by atoms with E-state index >= 15 is 0 Å². The molecule has 3 aromatic rings. The summed E-state index contributed by atoms with van der Waals surface area (Å²) in [5.74, 6) is 0.975. The van der Waals surface area contributed by atoms with Crippen LogP contribution in [-0.4, -0.2) is 16.1 Å². The first-order valence-corrected chi connectivity index (χ1v) is 7.98. The normalized spacial score (nSPS) is 14.4. The Kier molecular flexibility index (Phi) is 2.63. The molecule has 2 aromatic heterocycles. The van der Waals surface area contributed by atoms with Crippen LogP contribution in [-0.2, 0) is 6.54 Å². The lowest BCUT2D eigenvalue weighted by Crippen LogP contribution is -2.17. The van der Waals surface area contributed by atoms with Crippen LogP contribution in [0.3, 0.4) is 0 Å². The van der Waals surface area contributed by atoms with Crippen molar-refractivity contribution in [2.45, 2.75) is 13.0 Å². The molecule has 1 aromatic carbocycles. The summed E-state index contributed by atoms with van der Waals surface area (Å²) < 4.78 is 4.60. The zero-order valence-electron chi connectivity index (χ0n) is 10.2. The SMILES string of the molecule is Brc1c(-c2csc3ccccc23)nc2n1CCCN2. The van der Waals surface area contributed by atoms with Gasteiger partial charge in [0.1, 0.15) is 10.3 Å². The van der Waals surface area contributed by atoms with Crippen molar-refractivity contribution in [3.8, 4) is 11.3 Å². The first kappa shape index (κ1) is 11.5. The van der Waals surface area contributed by atoms with Crippen LogP contribution in [0.5, 0.6) is 0 Å². The second kappa shape index (κ2) is 4.35. The maximum absolute atomic E-state index is 4.75. The van der Waals surface area contributed by atoms with Crippen molar-refractivity contribution in [1.29, 1.82) is 0 Å². The van der Waals surface area contributed by atoms with Crippen LogP contribution >= 0.6 is 27.3 Å². The molecule has 1 aliphatic heterocycles. The molecular weight excluding hydrogens is 322 g/mol. The molecule has 3 nitrogen and oxygen atoms in total. The quantitative estimate of drug-likeness (QED) is 0.717. The van der Waals surface area contributed by atoms with Crippen molar-refractivity contribution in [2.75, 3.05) is 11.9 Å². The molecule has 19 heavy (non-hydrogen) atoms. The van der Waals surface area contributed by atoms with Crippen LogP contribution in [0, 0.1) is 0 Å². The van der Waals surface area contributed by atoms with Crippen LogP contribution < -0.4 is 5.32 Å². The van der Waals surface area contributed by atoms with Crippen molar-refractivity contribution in [1.82, 2.24) is 9.55 Å². The molecule has 0 saturated heterocycles. The number of benzene rings is 1. The fraction of sp³-hybridized carbons (Fsp3) is 0.214. The van der Waals surface area contributed by atoms with Gasteiger partial charge in [-0.2, -0.15) is 0 Å². The van der Waals surface area contributed by atoms with Gasteiger partial charge in [-0.1, -0.05) is 18.2 Å². The van der Waals surface area contributed by atoms with Crippen LogP contribution in [0.2, 0.25) is 0 Å². The second-order valence-corrected chi connectivity index (χ2v) is 6.31. The second-order valence-electron chi connectivity index (χ2n) is 4.65. The van der Waals surface area contributed by atoms with E-state index in [9.17, 15) is 0 Å². The number of nitrogens with one attached hydrogen (secondary N) is 1. The van der Waals surface area contributed by atoms with Gasteiger partial charge >= 0.3 is 0 Å². The number of rotatable bonds is 1. The first-order chi connectivity index (χ1) is 9.34. The summed E-state index contributed by atoms with van der Waals surface area (Å²) in [5.41, 5.74) is 2.26. The van der Waals surface area contributed by atoms with E-state index in [4.69, 9.17) is 4.98 Å². The van der Waals surface area contributed by atoms with Crippen LogP contribution in [0.25, 0.3) is 21.3 Å². The third kappa shape index (κ3) is 1.72. The molecule has 0 atom stereocenters. The van der Waals surface area contributed by atoms with Crippen molar-refractivity contribution in [2.24, 2.45) is 0 Å². The van der Waals surface area contributed by atoms with Crippen LogP contribution in [0.1, 0.15) is 6.42 Å². The number of hydrogen-bond donors (Lipinski definition) is 1. The molecule has 0 fully saturated rings. The van der Waals surface area contributed by atoms with Crippen molar-refractivity contribution < 1.29 is 0 Å². The Morgan fingerprint density at radius 1 is 1.32 bits per heavy atom. The summed E-state index contributed by atoms with van der Waals surface area (Å²) in [6.45, 7) is 2.03. The number of nitrogens with zero attached hydrogens (tertiary/aromatic N) is 2. The summed E-state index contributed by atoms with van der Waals surface area (Å²) in [7, 11) is 0. The molecule has 0 bridgehead atoms. The minimum atomic E-state index is 0.975. The zero-order chi connectivity index (χ0) is 12.8. The Bertz CT molecular complexity index is 759. The van der Waals surface area contributed by atoms with E-state index < -0.39 is 0 Å². The molecular formula is C14H12BrN3S. The summed E-state index contributed by atoms with van der Waals surface area (Å²) in [6.07, 6.45) is 1.14. The molecule has 1 N–H and O–H groups in total. The van der Waals surface area contributed by atoms with Crippen LogP contribution in [0.15, 0.2) is 34.2 Å². The van der Waals surface area contributed by atoms with Gasteiger partial charge in [0.2, 0.25) is 5.95 Å². The van der Waals surface area contributed by atoms with E-state index in [1.807, 2.05) is 0 Å². The minimum absolute atomic E-state index is 0.975. The molecule has 0 saturated carbocycles. The summed E-state index contributed by atoms with van der Waals surface area (Å²) in [6, 6.07) is 8.49. The minimum Gasteiger partial charge on any atom is -0.356 e. The zero-order valence-corrected chi connectivity index (χ0v) is 12.6. The van der Waals surface area contributed by atoms with Gasteiger partial charge in [-0.3, -0.25) is 0 Å². The Morgan fingerprint density at radius 3 is 3.11 bits per heavy atom. The van der Waals surface area contributed by atoms with Gasteiger partial charge in [0.05, 0.1) is 0 Å². The average molecular weight is 334 g/mol.